The van der Waals surface area contributed by atoms with E-state index >= 15 is 0 Å². The maximum atomic E-state index is 9.91. The summed E-state index contributed by atoms with van der Waals surface area (Å²) in [5.41, 5.74) is 2.48. The van der Waals surface area contributed by atoms with Crippen molar-refractivity contribution < 1.29 is 5.11 Å². The van der Waals surface area contributed by atoms with Crippen LogP contribution in [0.15, 0.2) is 30.0 Å². The van der Waals surface area contributed by atoms with Gasteiger partial charge in [0.1, 0.15) is 5.76 Å². The second kappa shape index (κ2) is 2.88. The summed E-state index contributed by atoms with van der Waals surface area (Å²) >= 11 is 0. The highest BCUT2D eigenvalue weighted by Gasteiger charge is 2.34. The maximum absolute atomic E-state index is 9.91. The summed E-state index contributed by atoms with van der Waals surface area (Å²) in [6, 6.07) is 8.19. The van der Waals surface area contributed by atoms with Crippen LogP contribution in [-0.4, -0.2) is 5.11 Å². The molecule has 0 radical (unpaired) electrons. The molecular formula is C13H16O. The first kappa shape index (κ1) is 9.32. The number of hydrogen-bond donors (Lipinski definition) is 1. The number of aliphatic hydroxyl groups excluding tert-OH is 1. The molecule has 0 fully saturated rings. The molecule has 1 heteroatoms. The quantitative estimate of drug-likeness (QED) is 0.657. The van der Waals surface area contributed by atoms with E-state index in [1.54, 1.807) is 0 Å². The van der Waals surface area contributed by atoms with Crippen molar-refractivity contribution in [2.75, 3.05) is 0 Å². The highest BCUT2D eigenvalue weighted by molar-refractivity contribution is 5.65. The van der Waals surface area contributed by atoms with E-state index in [0.29, 0.717) is 5.76 Å². The van der Waals surface area contributed by atoms with Crippen LogP contribution in [0.5, 0.6) is 0 Å². The van der Waals surface area contributed by atoms with Gasteiger partial charge in [-0.3, -0.25) is 0 Å². The van der Waals surface area contributed by atoms with Crippen LogP contribution in [0.4, 0.5) is 0 Å². The second-order valence-electron chi connectivity index (χ2n) is 5.00. The Morgan fingerprint density at radius 1 is 1.14 bits per heavy atom. The molecule has 1 aliphatic carbocycles. The molecule has 2 rings (SSSR count). The number of fused-ring (bicyclic) bond motifs is 1. The number of allylic oxidation sites excluding steroid dienone is 1. The van der Waals surface area contributed by atoms with Gasteiger partial charge in [-0.15, -0.1) is 0 Å². The molecular weight excluding hydrogens is 172 g/mol. The van der Waals surface area contributed by atoms with Gasteiger partial charge >= 0.3 is 0 Å². The van der Waals surface area contributed by atoms with Crippen molar-refractivity contribution >= 4 is 6.08 Å². The third kappa shape index (κ3) is 1.33. The van der Waals surface area contributed by atoms with Crippen molar-refractivity contribution in [2.45, 2.75) is 26.7 Å². The maximum Gasteiger partial charge on any atom is 0.101 e. The van der Waals surface area contributed by atoms with E-state index < -0.39 is 0 Å². The topological polar surface area (TPSA) is 20.2 Å². The Balaban J connectivity index is 2.52. The molecule has 0 heterocycles. The normalized spacial score (nSPS) is 20.5. The van der Waals surface area contributed by atoms with Crippen LogP contribution in [-0.2, 0) is 0 Å². The summed E-state index contributed by atoms with van der Waals surface area (Å²) in [6.07, 6.45) is 1.88. The number of benzene rings is 1. The summed E-state index contributed by atoms with van der Waals surface area (Å²) in [7, 11) is 0. The van der Waals surface area contributed by atoms with Gasteiger partial charge in [0.2, 0.25) is 0 Å². The molecule has 0 bridgehead atoms. The fourth-order valence-electron chi connectivity index (χ4n) is 2.22. The van der Waals surface area contributed by atoms with Crippen LogP contribution >= 0.6 is 0 Å². The third-order valence-corrected chi connectivity index (χ3v) is 2.77. The molecule has 0 saturated carbocycles. The fourth-order valence-corrected chi connectivity index (χ4v) is 2.22. The number of aliphatic hydroxyl groups is 1. The van der Waals surface area contributed by atoms with Gasteiger partial charge in [0.15, 0.2) is 0 Å². The molecule has 0 amide bonds. The SMILES string of the molecule is CC(C)(C)C1C(O)=Cc2ccccc21. The van der Waals surface area contributed by atoms with Gasteiger partial charge in [0.25, 0.3) is 0 Å². The van der Waals surface area contributed by atoms with Gasteiger partial charge < -0.3 is 5.11 Å². The minimum Gasteiger partial charge on any atom is -0.512 e. The van der Waals surface area contributed by atoms with Gasteiger partial charge in [-0.1, -0.05) is 45.0 Å². The Labute approximate surface area is 85.1 Å². The predicted molar refractivity (Wildman–Crippen MR) is 59.2 cm³/mol. The number of hydrogen-bond acceptors (Lipinski definition) is 1. The molecule has 1 N–H and O–H groups in total. The Morgan fingerprint density at radius 3 is 2.43 bits per heavy atom. The minimum absolute atomic E-state index is 0.0766. The van der Waals surface area contributed by atoms with E-state index in [-0.39, 0.29) is 11.3 Å². The van der Waals surface area contributed by atoms with Crippen LogP contribution in [0.2, 0.25) is 0 Å². The molecule has 14 heavy (non-hydrogen) atoms. The van der Waals surface area contributed by atoms with Crippen LogP contribution in [0, 0.1) is 5.41 Å². The Morgan fingerprint density at radius 2 is 1.79 bits per heavy atom. The van der Waals surface area contributed by atoms with E-state index in [0.717, 1.165) is 5.56 Å². The van der Waals surface area contributed by atoms with Crippen molar-refractivity contribution in [2.24, 2.45) is 5.41 Å². The number of rotatable bonds is 0. The summed E-state index contributed by atoms with van der Waals surface area (Å²) < 4.78 is 0. The summed E-state index contributed by atoms with van der Waals surface area (Å²) in [5, 5.41) is 9.91. The largest absolute Gasteiger partial charge is 0.512 e. The molecule has 1 aliphatic rings. The second-order valence-corrected chi connectivity index (χ2v) is 5.00. The molecule has 0 aliphatic heterocycles. The molecule has 0 saturated heterocycles. The Hall–Kier alpha value is -1.24. The lowest BCUT2D eigenvalue weighted by Crippen LogP contribution is -2.18. The first-order valence-electron chi connectivity index (χ1n) is 4.99. The van der Waals surface area contributed by atoms with E-state index in [4.69, 9.17) is 0 Å². The van der Waals surface area contributed by atoms with E-state index in [2.05, 4.69) is 32.9 Å². The molecule has 1 atom stereocenters. The molecule has 1 aromatic rings. The zero-order chi connectivity index (χ0) is 10.3. The van der Waals surface area contributed by atoms with Gasteiger partial charge in [-0.25, -0.2) is 0 Å². The molecule has 1 unspecified atom stereocenters. The smallest absolute Gasteiger partial charge is 0.101 e. The van der Waals surface area contributed by atoms with Gasteiger partial charge in [-0.05, 0) is 22.6 Å². The van der Waals surface area contributed by atoms with Crippen molar-refractivity contribution in [3.8, 4) is 0 Å². The molecule has 1 aromatic carbocycles. The highest BCUT2D eigenvalue weighted by atomic mass is 16.3. The van der Waals surface area contributed by atoms with Crippen molar-refractivity contribution in [1.29, 1.82) is 0 Å². The summed E-state index contributed by atoms with van der Waals surface area (Å²) in [4.78, 5) is 0. The minimum atomic E-state index is 0.0766. The Kier molecular flexibility index (Phi) is 1.91. The van der Waals surface area contributed by atoms with E-state index in [1.807, 2.05) is 18.2 Å². The summed E-state index contributed by atoms with van der Waals surface area (Å²) in [5.74, 6) is 0.650. The van der Waals surface area contributed by atoms with Crippen molar-refractivity contribution in [1.82, 2.24) is 0 Å². The first-order chi connectivity index (χ1) is 6.50. The first-order valence-corrected chi connectivity index (χ1v) is 4.99. The lowest BCUT2D eigenvalue weighted by molar-refractivity contribution is 0.270. The molecule has 0 spiro atoms. The summed E-state index contributed by atoms with van der Waals surface area (Å²) in [6.45, 7) is 6.47. The molecule has 74 valence electrons. The molecule has 0 aromatic heterocycles. The van der Waals surface area contributed by atoms with Crippen molar-refractivity contribution in [3.63, 3.8) is 0 Å². The van der Waals surface area contributed by atoms with Gasteiger partial charge in [0, 0.05) is 5.92 Å². The predicted octanol–water partition coefficient (Wildman–Crippen LogP) is 3.73. The van der Waals surface area contributed by atoms with Gasteiger partial charge in [-0.2, -0.15) is 0 Å². The third-order valence-electron chi connectivity index (χ3n) is 2.77. The van der Waals surface area contributed by atoms with E-state index in [9.17, 15) is 5.11 Å². The average molecular weight is 188 g/mol. The zero-order valence-corrected chi connectivity index (χ0v) is 8.91. The fraction of sp³-hybridized carbons (Fsp3) is 0.385. The van der Waals surface area contributed by atoms with E-state index in [1.165, 1.54) is 5.56 Å². The van der Waals surface area contributed by atoms with Crippen LogP contribution in [0.25, 0.3) is 6.08 Å². The van der Waals surface area contributed by atoms with Crippen LogP contribution < -0.4 is 0 Å². The standard InChI is InChI=1S/C13H16O/c1-13(2,3)12-10-7-5-4-6-9(10)8-11(12)14/h4-8,12,14H,1-3H3. The lowest BCUT2D eigenvalue weighted by Gasteiger charge is -2.28. The highest BCUT2D eigenvalue weighted by Crippen LogP contribution is 2.45. The van der Waals surface area contributed by atoms with Crippen LogP contribution in [0.3, 0.4) is 0 Å². The van der Waals surface area contributed by atoms with Crippen LogP contribution in [0.1, 0.15) is 37.8 Å². The van der Waals surface area contributed by atoms with Gasteiger partial charge in [0.05, 0.1) is 0 Å². The Bertz CT molecular complexity index is 382. The monoisotopic (exact) mass is 188 g/mol. The average Bonchev–Trinajstić information content (AvgIpc) is 2.38. The lowest BCUT2D eigenvalue weighted by atomic mass is 9.77. The molecule has 1 nitrogen and oxygen atoms in total. The zero-order valence-electron chi connectivity index (χ0n) is 8.91. The van der Waals surface area contributed by atoms with Crippen molar-refractivity contribution in [3.05, 3.63) is 41.2 Å².